The molecule has 0 saturated heterocycles. The van der Waals surface area contributed by atoms with Gasteiger partial charge in [-0.1, -0.05) is 47.5 Å². The molecular weight excluding hydrogens is 432 g/mol. The second kappa shape index (κ2) is 11.4. The fraction of sp³-hybridized carbons (Fsp3) is 0.167. The molecule has 0 bridgehead atoms. The molecule has 0 aliphatic rings. The third-order valence-electron chi connectivity index (χ3n) is 4.38. The first-order valence-corrected chi connectivity index (χ1v) is 11.3. The summed E-state index contributed by atoms with van der Waals surface area (Å²) >= 11 is 7.83. The zero-order valence-corrected chi connectivity index (χ0v) is 18.6. The minimum absolute atomic E-state index is 0.122. The van der Waals surface area contributed by atoms with E-state index in [1.54, 1.807) is 36.0 Å². The van der Waals surface area contributed by atoms with Crippen LogP contribution < -0.4 is 10.6 Å². The van der Waals surface area contributed by atoms with Crippen molar-refractivity contribution in [1.82, 2.24) is 10.6 Å². The predicted octanol–water partition coefficient (Wildman–Crippen LogP) is 5.06. The molecule has 5 nitrogen and oxygen atoms in total. The Morgan fingerprint density at radius 2 is 1.84 bits per heavy atom. The second-order valence-electron chi connectivity index (χ2n) is 6.79. The minimum Gasteiger partial charge on any atom is -0.465 e. The number of hydrogen-bond donors (Lipinski definition) is 2. The molecule has 0 fully saturated rings. The van der Waals surface area contributed by atoms with E-state index in [0.29, 0.717) is 23.6 Å². The number of rotatable bonds is 9. The monoisotopic (exact) mass is 454 g/mol. The van der Waals surface area contributed by atoms with Crippen LogP contribution in [0.5, 0.6) is 0 Å². The van der Waals surface area contributed by atoms with Crippen LogP contribution in [0.25, 0.3) is 6.08 Å². The Labute approximate surface area is 190 Å². The highest BCUT2D eigenvalue weighted by Gasteiger charge is 2.15. The van der Waals surface area contributed by atoms with E-state index in [1.807, 2.05) is 43.3 Å². The maximum absolute atomic E-state index is 12.7. The lowest BCUT2D eigenvalue weighted by Crippen LogP contribution is -2.35. The van der Waals surface area contributed by atoms with Gasteiger partial charge in [0.25, 0.3) is 11.8 Å². The highest BCUT2D eigenvalue weighted by atomic mass is 35.5. The number of nitrogens with one attached hydrogen (secondary N) is 2. The van der Waals surface area contributed by atoms with E-state index in [2.05, 4.69) is 10.6 Å². The average molecular weight is 455 g/mol. The summed E-state index contributed by atoms with van der Waals surface area (Å²) in [6, 6.07) is 18.3. The molecule has 3 rings (SSSR count). The summed E-state index contributed by atoms with van der Waals surface area (Å²) in [5.74, 6) is 1.20. The lowest BCUT2D eigenvalue weighted by atomic mass is 10.1. The zero-order valence-electron chi connectivity index (χ0n) is 17.1. The van der Waals surface area contributed by atoms with Gasteiger partial charge in [0.05, 0.1) is 6.26 Å². The van der Waals surface area contributed by atoms with Crippen molar-refractivity contribution in [2.45, 2.75) is 12.7 Å². The van der Waals surface area contributed by atoms with Gasteiger partial charge in [-0.15, -0.1) is 0 Å². The molecule has 2 amide bonds. The Morgan fingerprint density at radius 1 is 1.06 bits per heavy atom. The minimum atomic E-state index is -0.379. The van der Waals surface area contributed by atoms with Gasteiger partial charge in [-0.05, 0) is 42.8 Å². The largest absolute Gasteiger partial charge is 0.465 e. The van der Waals surface area contributed by atoms with Gasteiger partial charge >= 0.3 is 0 Å². The molecule has 0 saturated carbocycles. The van der Waals surface area contributed by atoms with Crippen LogP contribution >= 0.6 is 23.4 Å². The molecule has 0 atom stereocenters. The standard InChI is InChI=1S/C24H23ClN2O3S/c1-17-8-10-18(11-9-17)23(28)27-22(15-20-6-4-13-30-20)24(29)26-12-14-31-16-19-5-2-3-7-21(19)25/h2-11,13,15H,12,14,16H2,1H3,(H,26,29)(H,27,28)/b22-15-. The summed E-state index contributed by atoms with van der Waals surface area (Å²) in [7, 11) is 0. The number of thioether (sulfide) groups is 1. The third kappa shape index (κ3) is 7.05. The zero-order chi connectivity index (χ0) is 22.1. The van der Waals surface area contributed by atoms with Crippen LogP contribution in [0.4, 0.5) is 0 Å². The van der Waals surface area contributed by atoms with Crippen molar-refractivity contribution in [3.8, 4) is 0 Å². The number of halogens is 1. The van der Waals surface area contributed by atoms with Crippen molar-refractivity contribution in [2.24, 2.45) is 0 Å². The Bertz CT molecular complexity index is 1050. The topological polar surface area (TPSA) is 71.3 Å². The van der Waals surface area contributed by atoms with Gasteiger partial charge in [-0.3, -0.25) is 9.59 Å². The number of hydrogen-bond acceptors (Lipinski definition) is 4. The number of furan rings is 1. The highest BCUT2D eigenvalue weighted by molar-refractivity contribution is 7.98. The number of benzene rings is 2. The quantitative estimate of drug-likeness (QED) is 0.350. The average Bonchev–Trinajstić information content (AvgIpc) is 3.27. The summed E-state index contributed by atoms with van der Waals surface area (Å²) in [5.41, 5.74) is 2.70. The number of aryl methyl sites for hydroxylation is 1. The first-order valence-electron chi connectivity index (χ1n) is 9.75. The van der Waals surface area contributed by atoms with E-state index in [-0.39, 0.29) is 17.5 Å². The normalized spacial score (nSPS) is 11.2. The van der Waals surface area contributed by atoms with Crippen molar-refractivity contribution in [3.05, 3.63) is 100 Å². The third-order valence-corrected chi connectivity index (χ3v) is 5.76. The van der Waals surface area contributed by atoms with Gasteiger partial charge in [0.2, 0.25) is 0 Å². The van der Waals surface area contributed by atoms with Crippen LogP contribution in [0.2, 0.25) is 5.02 Å². The van der Waals surface area contributed by atoms with Gasteiger partial charge in [-0.2, -0.15) is 11.8 Å². The number of amides is 2. The van der Waals surface area contributed by atoms with Crippen molar-refractivity contribution in [3.63, 3.8) is 0 Å². The van der Waals surface area contributed by atoms with E-state index in [9.17, 15) is 9.59 Å². The van der Waals surface area contributed by atoms with Crippen molar-refractivity contribution in [1.29, 1.82) is 0 Å². The lowest BCUT2D eigenvalue weighted by Gasteiger charge is -2.11. The molecular formula is C24H23ClN2O3S. The van der Waals surface area contributed by atoms with Crippen molar-refractivity contribution >= 4 is 41.3 Å². The maximum Gasteiger partial charge on any atom is 0.267 e. The van der Waals surface area contributed by atoms with Crippen LogP contribution in [0.15, 0.2) is 77.0 Å². The Morgan fingerprint density at radius 3 is 2.55 bits per heavy atom. The summed E-state index contributed by atoms with van der Waals surface area (Å²) in [4.78, 5) is 25.3. The summed E-state index contributed by atoms with van der Waals surface area (Å²) < 4.78 is 5.30. The van der Waals surface area contributed by atoms with Crippen LogP contribution in [-0.2, 0) is 10.5 Å². The Balaban J connectivity index is 1.57. The van der Waals surface area contributed by atoms with Crippen molar-refractivity contribution < 1.29 is 14.0 Å². The predicted molar refractivity (Wildman–Crippen MR) is 126 cm³/mol. The maximum atomic E-state index is 12.7. The van der Waals surface area contributed by atoms with Gasteiger partial charge in [0.1, 0.15) is 11.5 Å². The molecule has 0 aliphatic heterocycles. The summed E-state index contributed by atoms with van der Waals surface area (Å²) in [6.45, 7) is 2.39. The van der Waals surface area contributed by atoms with Crippen LogP contribution in [0, 0.1) is 6.92 Å². The summed E-state index contributed by atoms with van der Waals surface area (Å²) in [6.07, 6.45) is 3.02. The molecule has 2 N–H and O–H groups in total. The molecule has 1 aromatic heterocycles. The highest BCUT2D eigenvalue weighted by Crippen LogP contribution is 2.20. The fourth-order valence-electron chi connectivity index (χ4n) is 2.70. The van der Waals surface area contributed by atoms with E-state index < -0.39 is 0 Å². The van der Waals surface area contributed by atoms with Crippen molar-refractivity contribution in [2.75, 3.05) is 12.3 Å². The molecule has 0 spiro atoms. The van der Waals surface area contributed by atoms with Gasteiger partial charge in [0, 0.05) is 34.7 Å². The molecule has 31 heavy (non-hydrogen) atoms. The molecule has 0 radical (unpaired) electrons. The van der Waals surface area contributed by atoms with Gasteiger partial charge in [-0.25, -0.2) is 0 Å². The Kier molecular flexibility index (Phi) is 8.38. The SMILES string of the molecule is Cc1ccc(C(=O)N/C(=C\c2ccco2)C(=O)NCCSCc2ccccc2Cl)cc1. The van der Waals surface area contributed by atoms with Crippen LogP contribution in [-0.4, -0.2) is 24.1 Å². The van der Waals surface area contributed by atoms with E-state index in [4.69, 9.17) is 16.0 Å². The molecule has 7 heteroatoms. The smallest absolute Gasteiger partial charge is 0.267 e. The lowest BCUT2D eigenvalue weighted by molar-refractivity contribution is -0.117. The first kappa shape index (κ1) is 22.7. The molecule has 2 aromatic carbocycles. The first-order chi connectivity index (χ1) is 15.0. The van der Waals surface area contributed by atoms with E-state index >= 15 is 0 Å². The summed E-state index contributed by atoms with van der Waals surface area (Å²) in [5, 5.41) is 6.27. The second-order valence-corrected chi connectivity index (χ2v) is 8.31. The van der Waals surface area contributed by atoms with Crippen LogP contribution in [0.3, 0.4) is 0 Å². The number of carbonyl (C=O) groups is 2. The molecule has 0 unspecified atom stereocenters. The molecule has 1 heterocycles. The number of carbonyl (C=O) groups excluding carboxylic acids is 2. The van der Waals surface area contributed by atoms with Gasteiger partial charge < -0.3 is 15.1 Å². The fourth-order valence-corrected chi connectivity index (χ4v) is 3.85. The van der Waals surface area contributed by atoms with Gasteiger partial charge in [0.15, 0.2) is 0 Å². The molecule has 160 valence electrons. The molecule has 3 aromatic rings. The molecule has 0 aliphatic carbocycles. The Hall–Kier alpha value is -2.96. The van der Waals surface area contributed by atoms with E-state index in [1.165, 1.54) is 12.3 Å². The van der Waals surface area contributed by atoms with E-state index in [0.717, 1.165) is 21.9 Å². The van der Waals surface area contributed by atoms with Crippen LogP contribution in [0.1, 0.15) is 27.2 Å².